The molecule has 1 fully saturated rings. The van der Waals surface area contributed by atoms with E-state index in [0.29, 0.717) is 36.6 Å². The Bertz CT molecular complexity index is 1230. The minimum absolute atomic E-state index is 0.0127. The summed E-state index contributed by atoms with van der Waals surface area (Å²) in [6.45, 7) is 3.28. The Hall–Kier alpha value is -3.02. The third-order valence-corrected chi connectivity index (χ3v) is 7.35. The zero-order valence-corrected chi connectivity index (χ0v) is 18.0. The van der Waals surface area contributed by atoms with Crippen molar-refractivity contribution in [1.29, 1.82) is 5.26 Å². The summed E-state index contributed by atoms with van der Waals surface area (Å²) in [6.07, 6.45) is 4.37. The second-order valence-corrected chi connectivity index (χ2v) is 9.24. The number of nitriles is 1. The molecule has 2 aliphatic rings. The fourth-order valence-electron chi connectivity index (χ4n) is 4.47. The van der Waals surface area contributed by atoms with Crippen LogP contribution >= 0.6 is 11.3 Å². The number of carbonyl (C=O) groups is 1. The smallest absolute Gasteiger partial charge is 0.259 e. The number of aromatic amines is 1. The lowest BCUT2D eigenvalue weighted by Crippen LogP contribution is -2.48. The minimum Gasteiger partial charge on any atom is -0.336 e. The number of piperazine rings is 1. The van der Waals surface area contributed by atoms with Crippen molar-refractivity contribution in [2.24, 2.45) is 0 Å². The first-order valence-corrected chi connectivity index (χ1v) is 11.5. The normalized spacial score (nSPS) is 16.8. The van der Waals surface area contributed by atoms with Gasteiger partial charge in [-0.15, -0.1) is 11.3 Å². The van der Waals surface area contributed by atoms with Gasteiger partial charge in [-0.3, -0.25) is 14.5 Å². The number of nitrogens with one attached hydrogen (secondary N) is 1. The van der Waals surface area contributed by atoms with E-state index >= 15 is 0 Å². The van der Waals surface area contributed by atoms with Gasteiger partial charge in [0.1, 0.15) is 10.7 Å². The summed E-state index contributed by atoms with van der Waals surface area (Å²) in [6, 6.07) is 8.82. The molecule has 8 heteroatoms. The average molecular weight is 434 g/mol. The first-order chi connectivity index (χ1) is 15.1. The second-order valence-electron chi connectivity index (χ2n) is 8.16. The topological polar surface area (TPSA) is 93.1 Å². The number of thiophene rings is 1. The standard InChI is InChI=1S/C23H23N5O2S/c24-13-15-5-7-16(8-6-15)23(30)28-11-9-27(10-12-28)14-19-25-21(29)20-17-3-1-2-4-18(17)31-22(20)26-19/h5-8H,1-4,9-12,14H2,(H,25,26,29). The Morgan fingerprint density at radius 2 is 1.87 bits per heavy atom. The number of benzene rings is 1. The number of fused-ring (bicyclic) bond motifs is 3. The van der Waals surface area contributed by atoms with Crippen molar-refractivity contribution in [3.8, 4) is 6.07 Å². The molecule has 0 spiro atoms. The van der Waals surface area contributed by atoms with E-state index in [-0.39, 0.29) is 11.5 Å². The van der Waals surface area contributed by atoms with Gasteiger partial charge in [-0.25, -0.2) is 4.98 Å². The largest absolute Gasteiger partial charge is 0.336 e. The van der Waals surface area contributed by atoms with E-state index in [9.17, 15) is 9.59 Å². The van der Waals surface area contributed by atoms with Crippen LogP contribution in [-0.4, -0.2) is 51.9 Å². The monoisotopic (exact) mass is 433 g/mol. The van der Waals surface area contributed by atoms with Crippen LogP contribution in [0, 0.1) is 11.3 Å². The summed E-state index contributed by atoms with van der Waals surface area (Å²) < 4.78 is 0. The Balaban J connectivity index is 1.25. The van der Waals surface area contributed by atoms with Gasteiger partial charge in [0.05, 0.1) is 23.6 Å². The van der Waals surface area contributed by atoms with E-state index in [1.165, 1.54) is 16.9 Å². The predicted octanol–water partition coefficient (Wildman–Crippen LogP) is 2.69. The molecule has 0 saturated carbocycles. The van der Waals surface area contributed by atoms with Crippen molar-refractivity contribution in [2.75, 3.05) is 26.2 Å². The molecule has 158 valence electrons. The molecule has 1 amide bonds. The van der Waals surface area contributed by atoms with Gasteiger partial charge in [0, 0.05) is 36.6 Å². The number of amides is 1. The van der Waals surface area contributed by atoms with E-state index in [0.717, 1.165) is 42.6 Å². The van der Waals surface area contributed by atoms with Crippen LogP contribution in [-0.2, 0) is 19.4 Å². The maximum absolute atomic E-state index is 12.7. The molecule has 2 aromatic heterocycles. The number of H-pyrrole nitrogens is 1. The van der Waals surface area contributed by atoms with Crippen LogP contribution in [0.15, 0.2) is 29.1 Å². The van der Waals surface area contributed by atoms with Crippen LogP contribution in [0.5, 0.6) is 0 Å². The summed E-state index contributed by atoms with van der Waals surface area (Å²) in [5.41, 5.74) is 2.34. The summed E-state index contributed by atoms with van der Waals surface area (Å²) in [5.74, 6) is 0.684. The minimum atomic E-state index is -0.0194. The molecule has 1 aliphatic heterocycles. The first-order valence-electron chi connectivity index (χ1n) is 10.7. The Morgan fingerprint density at radius 1 is 1.13 bits per heavy atom. The van der Waals surface area contributed by atoms with Crippen molar-refractivity contribution < 1.29 is 4.79 Å². The molecular formula is C23H23N5O2S. The number of nitrogens with zero attached hydrogens (tertiary/aromatic N) is 4. The maximum Gasteiger partial charge on any atom is 0.259 e. The van der Waals surface area contributed by atoms with Gasteiger partial charge in [0.15, 0.2) is 0 Å². The van der Waals surface area contributed by atoms with E-state index in [1.54, 1.807) is 35.6 Å². The number of hydrogen-bond donors (Lipinski definition) is 1. The lowest BCUT2D eigenvalue weighted by atomic mass is 9.97. The fourth-order valence-corrected chi connectivity index (χ4v) is 5.76. The lowest BCUT2D eigenvalue weighted by Gasteiger charge is -2.34. The van der Waals surface area contributed by atoms with Crippen LogP contribution in [0.4, 0.5) is 0 Å². The van der Waals surface area contributed by atoms with Crippen LogP contribution in [0.25, 0.3) is 10.2 Å². The number of aromatic nitrogens is 2. The molecule has 0 radical (unpaired) electrons. The number of carbonyl (C=O) groups excluding carboxylic acids is 1. The van der Waals surface area contributed by atoms with Crippen molar-refractivity contribution in [3.63, 3.8) is 0 Å². The molecule has 0 bridgehead atoms. The SMILES string of the molecule is N#Cc1ccc(C(=O)N2CCN(Cc3nc4sc5c(c4c(=O)[nH]3)CCCC5)CC2)cc1. The van der Waals surface area contributed by atoms with E-state index < -0.39 is 0 Å². The maximum atomic E-state index is 12.7. The number of rotatable bonds is 3. The quantitative estimate of drug-likeness (QED) is 0.686. The molecule has 3 heterocycles. The molecule has 3 aromatic rings. The highest BCUT2D eigenvalue weighted by atomic mass is 32.1. The van der Waals surface area contributed by atoms with Gasteiger partial charge in [-0.05, 0) is 55.5 Å². The first kappa shape index (κ1) is 19.9. The van der Waals surface area contributed by atoms with Crippen LogP contribution in [0.3, 0.4) is 0 Å². The highest BCUT2D eigenvalue weighted by Crippen LogP contribution is 2.33. The molecule has 7 nitrogen and oxygen atoms in total. The summed E-state index contributed by atoms with van der Waals surface area (Å²) in [7, 11) is 0. The molecule has 1 saturated heterocycles. The molecular weight excluding hydrogens is 410 g/mol. The molecule has 0 unspecified atom stereocenters. The van der Waals surface area contributed by atoms with Crippen LogP contribution < -0.4 is 5.56 Å². The van der Waals surface area contributed by atoms with Gasteiger partial charge in [0.2, 0.25) is 0 Å². The van der Waals surface area contributed by atoms with Crippen molar-refractivity contribution >= 4 is 27.5 Å². The number of aryl methyl sites for hydroxylation is 2. The Labute approximate surface area is 183 Å². The highest BCUT2D eigenvalue weighted by Gasteiger charge is 2.24. The van der Waals surface area contributed by atoms with E-state index in [4.69, 9.17) is 10.2 Å². The second kappa shape index (κ2) is 8.25. The van der Waals surface area contributed by atoms with Gasteiger partial charge >= 0.3 is 0 Å². The van der Waals surface area contributed by atoms with Gasteiger partial charge < -0.3 is 9.88 Å². The van der Waals surface area contributed by atoms with Crippen molar-refractivity contribution in [3.05, 3.63) is 62.0 Å². The summed E-state index contributed by atoms with van der Waals surface area (Å²) >= 11 is 1.67. The molecule has 1 aliphatic carbocycles. The van der Waals surface area contributed by atoms with E-state index in [2.05, 4.69) is 16.0 Å². The lowest BCUT2D eigenvalue weighted by molar-refractivity contribution is 0.0625. The summed E-state index contributed by atoms with van der Waals surface area (Å²) in [4.78, 5) is 39.5. The summed E-state index contributed by atoms with van der Waals surface area (Å²) in [5, 5.41) is 9.70. The third-order valence-electron chi connectivity index (χ3n) is 6.17. The predicted molar refractivity (Wildman–Crippen MR) is 119 cm³/mol. The van der Waals surface area contributed by atoms with Gasteiger partial charge in [-0.2, -0.15) is 5.26 Å². The van der Waals surface area contributed by atoms with Gasteiger partial charge in [0.25, 0.3) is 11.5 Å². The fraction of sp³-hybridized carbons (Fsp3) is 0.391. The highest BCUT2D eigenvalue weighted by molar-refractivity contribution is 7.18. The molecule has 1 N–H and O–H groups in total. The van der Waals surface area contributed by atoms with Crippen molar-refractivity contribution in [2.45, 2.75) is 32.2 Å². The molecule has 1 aromatic carbocycles. The molecule has 31 heavy (non-hydrogen) atoms. The molecule has 5 rings (SSSR count). The Kier molecular flexibility index (Phi) is 5.30. The van der Waals surface area contributed by atoms with Crippen LogP contribution in [0.2, 0.25) is 0 Å². The third kappa shape index (κ3) is 3.87. The zero-order chi connectivity index (χ0) is 21.4. The molecule has 0 atom stereocenters. The average Bonchev–Trinajstić information content (AvgIpc) is 3.18. The Morgan fingerprint density at radius 3 is 2.61 bits per heavy atom. The van der Waals surface area contributed by atoms with Gasteiger partial charge in [-0.1, -0.05) is 0 Å². The zero-order valence-electron chi connectivity index (χ0n) is 17.2. The van der Waals surface area contributed by atoms with Crippen LogP contribution in [0.1, 0.15) is 45.0 Å². The number of hydrogen-bond acceptors (Lipinski definition) is 6. The van der Waals surface area contributed by atoms with E-state index in [1.807, 2.05) is 4.90 Å². The van der Waals surface area contributed by atoms with Crippen molar-refractivity contribution in [1.82, 2.24) is 19.8 Å².